The Labute approximate surface area is 459 Å². The van der Waals surface area contributed by atoms with Crippen molar-refractivity contribution in [1.29, 1.82) is 0 Å². The summed E-state index contributed by atoms with van der Waals surface area (Å²) in [6, 6.07) is 43.9. The summed E-state index contributed by atoms with van der Waals surface area (Å²) in [5.74, 6) is 3.02. The highest BCUT2D eigenvalue weighted by Crippen LogP contribution is 2.55. The van der Waals surface area contributed by atoms with Crippen molar-refractivity contribution in [3.05, 3.63) is 197 Å². The number of hydrogen-bond acceptors (Lipinski definition) is 6. The summed E-state index contributed by atoms with van der Waals surface area (Å²) >= 11 is 0. The predicted octanol–water partition coefficient (Wildman–Crippen LogP) is 17.3. The molecule has 6 heterocycles. The number of pyridine rings is 6. The summed E-state index contributed by atoms with van der Waals surface area (Å²) in [6.07, 6.45) is 11.5. The SMILES string of the molecule is CCCCc1cccc(CCCC)c1Oc1cc2c3c(ccc4c5c(Oc6c(CCCC)cccc6CCCC)cc6c7c(ccc(c1c43)c57)c1cc(=O)c3cccc4c(=O)cc6n1c34)c1cc(=O)c3cccc4c(=O)cc2n1c34. The van der Waals surface area contributed by atoms with Gasteiger partial charge in [0.2, 0.25) is 0 Å². The maximum Gasteiger partial charge on any atom is 0.190 e. The van der Waals surface area contributed by atoms with Crippen molar-refractivity contribution >= 4 is 119 Å². The first-order chi connectivity index (χ1) is 39.2. The first kappa shape index (κ1) is 48.3. The zero-order valence-corrected chi connectivity index (χ0v) is 45.5. The summed E-state index contributed by atoms with van der Waals surface area (Å²) in [7, 11) is 0. The first-order valence-corrected chi connectivity index (χ1v) is 29.0. The van der Waals surface area contributed by atoms with Gasteiger partial charge in [-0.05, 0) is 121 Å². The largest absolute Gasteiger partial charge is 0.456 e. The van der Waals surface area contributed by atoms with E-state index >= 15 is 0 Å². The normalized spacial score (nSPS) is 12.6. The van der Waals surface area contributed by atoms with Gasteiger partial charge < -0.3 is 18.3 Å². The Hall–Kier alpha value is -8.88. The molecule has 9 aromatic carbocycles. The van der Waals surface area contributed by atoms with Gasteiger partial charge in [0.1, 0.15) is 23.0 Å². The van der Waals surface area contributed by atoms with E-state index in [1.807, 2.05) is 24.3 Å². The lowest BCUT2D eigenvalue weighted by molar-refractivity contribution is 0.473. The predicted molar refractivity (Wildman–Crippen MR) is 332 cm³/mol. The highest BCUT2D eigenvalue weighted by Gasteiger charge is 2.30. The van der Waals surface area contributed by atoms with Gasteiger partial charge in [0, 0.05) is 99.7 Å². The molecular formula is C72H58N2O6. The summed E-state index contributed by atoms with van der Waals surface area (Å²) < 4.78 is 19.7. The van der Waals surface area contributed by atoms with Crippen LogP contribution >= 0.6 is 0 Å². The van der Waals surface area contributed by atoms with Crippen LogP contribution in [0.4, 0.5) is 0 Å². The molecule has 0 aliphatic heterocycles. The van der Waals surface area contributed by atoms with E-state index in [1.54, 1.807) is 36.4 Å². The Kier molecular flexibility index (Phi) is 11.1. The average molecular weight is 1050 g/mol. The van der Waals surface area contributed by atoms with Crippen LogP contribution in [0.5, 0.6) is 23.0 Å². The molecule has 0 N–H and O–H groups in total. The highest BCUT2D eigenvalue weighted by atomic mass is 16.5. The van der Waals surface area contributed by atoms with Gasteiger partial charge in [-0.15, -0.1) is 0 Å². The van der Waals surface area contributed by atoms with E-state index in [0.717, 1.165) is 186 Å². The molecule has 0 amide bonds. The first-order valence-electron chi connectivity index (χ1n) is 29.0. The minimum absolute atomic E-state index is 0.144. The maximum absolute atomic E-state index is 14.5. The fourth-order valence-electron chi connectivity index (χ4n) is 14.0. The van der Waals surface area contributed by atoms with Crippen LogP contribution in [-0.2, 0) is 25.7 Å². The van der Waals surface area contributed by atoms with Gasteiger partial charge in [-0.25, -0.2) is 0 Å². The number of rotatable bonds is 16. The third-order valence-corrected chi connectivity index (χ3v) is 17.7. The number of para-hydroxylation sites is 4. The van der Waals surface area contributed by atoms with Crippen LogP contribution in [0.15, 0.2) is 153 Å². The van der Waals surface area contributed by atoms with Crippen LogP contribution in [0.3, 0.4) is 0 Å². The van der Waals surface area contributed by atoms with Gasteiger partial charge in [-0.3, -0.25) is 19.2 Å². The number of unbranched alkanes of at least 4 members (excludes halogenated alkanes) is 4. The lowest BCUT2D eigenvalue weighted by Gasteiger charge is -2.26. The topological polar surface area (TPSA) is 95.6 Å². The van der Waals surface area contributed by atoms with Crippen molar-refractivity contribution in [3.63, 3.8) is 0 Å². The number of ether oxygens (including phenoxy) is 2. The van der Waals surface area contributed by atoms with Crippen molar-refractivity contribution in [1.82, 2.24) is 8.80 Å². The number of fused-ring (bicyclic) bond motifs is 6. The Morgan fingerprint density at radius 2 is 0.613 bits per heavy atom. The molecule has 0 radical (unpaired) electrons. The monoisotopic (exact) mass is 1050 g/mol. The molecule has 0 bridgehead atoms. The number of benzene rings is 9. The molecule has 0 spiro atoms. The third-order valence-electron chi connectivity index (χ3n) is 17.7. The quantitative estimate of drug-likeness (QED) is 0.0707. The smallest absolute Gasteiger partial charge is 0.190 e. The lowest BCUT2D eigenvalue weighted by atomic mass is 9.84. The highest BCUT2D eigenvalue weighted by molar-refractivity contribution is 6.44. The van der Waals surface area contributed by atoms with Gasteiger partial charge in [-0.1, -0.05) is 126 Å². The minimum Gasteiger partial charge on any atom is -0.456 e. The zero-order valence-electron chi connectivity index (χ0n) is 45.5. The van der Waals surface area contributed by atoms with E-state index in [4.69, 9.17) is 9.47 Å². The molecule has 0 aliphatic carbocycles. The van der Waals surface area contributed by atoms with Gasteiger partial charge in [0.25, 0.3) is 0 Å². The second kappa shape index (κ2) is 18.3. The van der Waals surface area contributed by atoms with Crippen LogP contribution < -0.4 is 31.2 Å². The molecule has 0 saturated heterocycles. The van der Waals surface area contributed by atoms with Gasteiger partial charge >= 0.3 is 0 Å². The fraction of sp³-hybridized carbons (Fsp3) is 0.222. The summed E-state index contributed by atoms with van der Waals surface area (Å²) in [5, 5.41) is 12.7. The number of aromatic nitrogens is 2. The molecule has 392 valence electrons. The van der Waals surface area contributed by atoms with E-state index in [1.165, 1.54) is 0 Å². The van der Waals surface area contributed by atoms with Gasteiger partial charge in [-0.2, -0.15) is 0 Å². The molecule has 8 nitrogen and oxygen atoms in total. The van der Waals surface area contributed by atoms with Crippen molar-refractivity contribution in [2.45, 2.75) is 105 Å². The Bertz CT molecular complexity index is 4870. The molecule has 8 heteroatoms. The Morgan fingerprint density at radius 1 is 0.312 bits per heavy atom. The van der Waals surface area contributed by atoms with Crippen molar-refractivity contribution in [2.75, 3.05) is 0 Å². The Morgan fingerprint density at radius 3 is 0.938 bits per heavy atom. The van der Waals surface area contributed by atoms with E-state index < -0.39 is 0 Å². The second-order valence-electron chi connectivity index (χ2n) is 22.5. The zero-order chi connectivity index (χ0) is 54.2. The second-order valence-corrected chi connectivity index (χ2v) is 22.5. The lowest BCUT2D eigenvalue weighted by Crippen LogP contribution is -2.13. The van der Waals surface area contributed by atoms with E-state index in [9.17, 15) is 19.2 Å². The summed E-state index contributed by atoms with van der Waals surface area (Å²) in [4.78, 5) is 57.8. The average Bonchev–Trinajstić information content (AvgIpc) is 2.08. The molecule has 6 aromatic heterocycles. The molecule has 0 atom stereocenters. The molecule has 15 aromatic rings. The van der Waals surface area contributed by atoms with Crippen molar-refractivity contribution in [2.24, 2.45) is 0 Å². The van der Waals surface area contributed by atoms with Gasteiger partial charge in [0.05, 0.1) is 33.1 Å². The van der Waals surface area contributed by atoms with E-state index in [-0.39, 0.29) is 21.7 Å². The van der Waals surface area contributed by atoms with Crippen molar-refractivity contribution in [3.8, 4) is 23.0 Å². The summed E-state index contributed by atoms with van der Waals surface area (Å²) in [5.41, 5.74) is 8.04. The molecule has 15 rings (SSSR count). The van der Waals surface area contributed by atoms with Crippen molar-refractivity contribution < 1.29 is 9.47 Å². The van der Waals surface area contributed by atoms with Crippen LogP contribution in [0, 0.1) is 0 Å². The fourth-order valence-corrected chi connectivity index (χ4v) is 14.0. The minimum atomic E-state index is -0.156. The molecule has 0 fully saturated rings. The van der Waals surface area contributed by atoms with Crippen LogP contribution in [0.2, 0.25) is 0 Å². The van der Waals surface area contributed by atoms with Crippen LogP contribution in [0.1, 0.15) is 101 Å². The molecular weight excluding hydrogens is 989 g/mol. The molecule has 0 aliphatic rings. The maximum atomic E-state index is 14.5. The molecule has 0 unspecified atom stereocenters. The number of nitrogens with zero attached hydrogens (tertiary/aromatic N) is 2. The van der Waals surface area contributed by atoms with Gasteiger partial charge in [0.15, 0.2) is 21.7 Å². The standard InChI is InChI=1S/C72H58N2O6/c1-5-9-17-39-21-13-22-40(18-10-6-2)71(39)79-61-33-51-55-37-59(77)47-27-15-25-45-57(75)35-53(73(55)69(45)47)43-30-32-50-66-62(80-72-41(19-11-7-3)23-14-24-42(72)20-12-8-4)34-52-56-38-60(78)48-28-16-26-46-58(76)36-54(74(56)70(46)48)44-29-31-49(68(66)64(44)52)65(61)67(50)63(43)51/h13-16,21-38H,5-12,17-20H2,1-4H3. The third kappa shape index (κ3) is 6.80. The van der Waals surface area contributed by atoms with Crippen LogP contribution in [0.25, 0.3) is 119 Å². The molecule has 80 heavy (non-hydrogen) atoms. The number of hydrogen-bond donors (Lipinski definition) is 0. The van der Waals surface area contributed by atoms with Crippen LogP contribution in [-0.4, -0.2) is 8.80 Å². The van der Waals surface area contributed by atoms with E-state index in [2.05, 4.69) is 109 Å². The summed E-state index contributed by atoms with van der Waals surface area (Å²) in [6.45, 7) is 8.88. The Balaban J connectivity index is 1.18. The number of aryl methyl sites for hydroxylation is 4. The van der Waals surface area contributed by atoms with E-state index in [0.29, 0.717) is 55.1 Å². The molecule has 0 saturated carbocycles.